The van der Waals surface area contributed by atoms with Crippen molar-refractivity contribution in [2.75, 3.05) is 32.6 Å². The van der Waals surface area contributed by atoms with Crippen LogP contribution in [0, 0.1) is 0 Å². The van der Waals surface area contributed by atoms with E-state index < -0.39 is 0 Å². The van der Waals surface area contributed by atoms with E-state index in [0.717, 1.165) is 18.0 Å². The number of thiazole rings is 1. The van der Waals surface area contributed by atoms with Crippen molar-refractivity contribution in [3.63, 3.8) is 0 Å². The quantitative estimate of drug-likeness (QED) is 0.593. The highest BCUT2D eigenvalue weighted by molar-refractivity contribution is 7.07. The largest absolute Gasteiger partial charge is 0.492 e. The van der Waals surface area contributed by atoms with Crippen molar-refractivity contribution in [1.82, 2.24) is 9.88 Å². The van der Waals surface area contributed by atoms with Crippen molar-refractivity contribution in [3.05, 3.63) is 70.7 Å². The molecule has 0 aliphatic heterocycles. The summed E-state index contributed by atoms with van der Waals surface area (Å²) < 4.78 is 11.4. The average Bonchev–Trinajstić information content (AvgIpc) is 3.21. The number of amides is 1. The summed E-state index contributed by atoms with van der Waals surface area (Å²) in [5.41, 5.74) is 3.87. The number of ether oxygens (including phenoxy) is 2. The Morgan fingerprint density at radius 3 is 2.64 bits per heavy atom. The standard InChI is InChI=1S/C21H23N3O3S/c1-24(2)10-11-26-19-8-6-17(7-9-19)23-21(25)16-4-3-5-20(12-16)27-13-18-14-28-15-22-18/h3-9,12,14-15H,10-11,13H2,1-2H3,(H,23,25). The Bertz CT molecular complexity index is 880. The second-order valence-corrected chi connectivity index (χ2v) is 7.15. The van der Waals surface area contributed by atoms with E-state index >= 15 is 0 Å². The normalized spacial score (nSPS) is 10.7. The highest BCUT2D eigenvalue weighted by Gasteiger charge is 2.08. The lowest BCUT2D eigenvalue weighted by molar-refractivity contribution is 0.102. The molecule has 0 bridgehead atoms. The summed E-state index contributed by atoms with van der Waals surface area (Å²) in [6.07, 6.45) is 0. The summed E-state index contributed by atoms with van der Waals surface area (Å²) in [6.45, 7) is 1.84. The van der Waals surface area contributed by atoms with Crippen LogP contribution in [0.2, 0.25) is 0 Å². The summed E-state index contributed by atoms with van der Waals surface area (Å²) in [6, 6.07) is 14.4. The van der Waals surface area contributed by atoms with Crippen molar-refractivity contribution in [3.8, 4) is 11.5 Å². The molecule has 28 heavy (non-hydrogen) atoms. The predicted octanol–water partition coefficient (Wildman–Crippen LogP) is 3.91. The second kappa shape index (κ2) is 9.87. The average molecular weight is 398 g/mol. The maximum absolute atomic E-state index is 12.5. The lowest BCUT2D eigenvalue weighted by Crippen LogP contribution is -2.19. The Balaban J connectivity index is 1.54. The molecule has 3 rings (SSSR count). The van der Waals surface area contributed by atoms with Gasteiger partial charge in [-0.3, -0.25) is 4.79 Å². The molecule has 0 saturated heterocycles. The molecule has 0 aliphatic carbocycles. The first-order valence-corrected chi connectivity index (χ1v) is 9.83. The smallest absolute Gasteiger partial charge is 0.255 e. The predicted molar refractivity (Wildman–Crippen MR) is 111 cm³/mol. The SMILES string of the molecule is CN(C)CCOc1ccc(NC(=O)c2cccc(OCc3cscn3)c2)cc1. The molecule has 0 unspecified atom stereocenters. The molecule has 7 heteroatoms. The molecule has 0 saturated carbocycles. The third kappa shape index (κ3) is 6.07. The molecule has 1 heterocycles. The minimum absolute atomic E-state index is 0.194. The molecular weight excluding hydrogens is 374 g/mol. The lowest BCUT2D eigenvalue weighted by Gasteiger charge is -2.12. The highest BCUT2D eigenvalue weighted by atomic mass is 32.1. The van der Waals surface area contributed by atoms with Crippen LogP contribution in [-0.4, -0.2) is 43.0 Å². The Morgan fingerprint density at radius 1 is 1.11 bits per heavy atom. The fourth-order valence-corrected chi connectivity index (χ4v) is 2.92. The number of likely N-dealkylation sites (N-methyl/N-ethyl adjacent to an activating group) is 1. The van der Waals surface area contributed by atoms with E-state index in [1.807, 2.05) is 49.8 Å². The third-order valence-electron chi connectivity index (χ3n) is 3.89. The molecule has 1 amide bonds. The molecule has 146 valence electrons. The van der Waals surface area contributed by atoms with Crippen LogP contribution in [0.15, 0.2) is 59.4 Å². The monoisotopic (exact) mass is 397 g/mol. The van der Waals surface area contributed by atoms with Crippen LogP contribution in [-0.2, 0) is 6.61 Å². The van der Waals surface area contributed by atoms with E-state index in [1.54, 1.807) is 23.7 Å². The van der Waals surface area contributed by atoms with E-state index in [9.17, 15) is 4.79 Å². The summed E-state index contributed by atoms with van der Waals surface area (Å²) in [4.78, 5) is 18.8. The van der Waals surface area contributed by atoms with Crippen LogP contribution < -0.4 is 14.8 Å². The lowest BCUT2D eigenvalue weighted by atomic mass is 10.2. The van der Waals surface area contributed by atoms with Gasteiger partial charge in [0.05, 0.1) is 11.2 Å². The zero-order chi connectivity index (χ0) is 19.8. The number of aromatic nitrogens is 1. The van der Waals surface area contributed by atoms with Gasteiger partial charge in [0.2, 0.25) is 0 Å². The number of rotatable bonds is 9. The number of carbonyl (C=O) groups excluding carboxylic acids is 1. The Morgan fingerprint density at radius 2 is 1.93 bits per heavy atom. The third-order valence-corrected chi connectivity index (χ3v) is 4.52. The molecule has 1 N–H and O–H groups in total. The Hall–Kier alpha value is -2.90. The summed E-state index contributed by atoms with van der Waals surface area (Å²) >= 11 is 1.52. The minimum atomic E-state index is -0.194. The zero-order valence-electron chi connectivity index (χ0n) is 15.9. The fraction of sp³-hybridized carbons (Fsp3) is 0.238. The highest BCUT2D eigenvalue weighted by Crippen LogP contribution is 2.19. The van der Waals surface area contributed by atoms with Gasteiger partial charge in [-0.15, -0.1) is 11.3 Å². The van der Waals surface area contributed by atoms with Crippen molar-refractivity contribution in [1.29, 1.82) is 0 Å². The minimum Gasteiger partial charge on any atom is -0.492 e. The number of nitrogens with zero attached hydrogens (tertiary/aromatic N) is 2. The van der Waals surface area contributed by atoms with E-state index in [1.165, 1.54) is 11.3 Å². The molecule has 2 aromatic carbocycles. The number of nitrogens with one attached hydrogen (secondary N) is 1. The van der Waals surface area contributed by atoms with Gasteiger partial charge in [0.1, 0.15) is 24.7 Å². The van der Waals surface area contributed by atoms with Gasteiger partial charge in [-0.25, -0.2) is 4.98 Å². The van der Waals surface area contributed by atoms with Crippen molar-refractivity contribution < 1.29 is 14.3 Å². The molecule has 1 aromatic heterocycles. The van der Waals surface area contributed by atoms with Gasteiger partial charge >= 0.3 is 0 Å². The van der Waals surface area contributed by atoms with Gasteiger partial charge in [-0.05, 0) is 56.6 Å². The molecule has 0 fully saturated rings. The first-order valence-electron chi connectivity index (χ1n) is 8.89. The first-order chi connectivity index (χ1) is 13.6. The van der Waals surface area contributed by atoms with Gasteiger partial charge in [0, 0.05) is 23.2 Å². The van der Waals surface area contributed by atoms with Crippen LogP contribution in [0.25, 0.3) is 0 Å². The second-order valence-electron chi connectivity index (χ2n) is 6.43. The van der Waals surface area contributed by atoms with Gasteiger partial charge in [0.25, 0.3) is 5.91 Å². The summed E-state index contributed by atoms with van der Waals surface area (Å²) in [5, 5.41) is 4.82. The zero-order valence-corrected chi connectivity index (χ0v) is 16.7. The molecular formula is C21H23N3O3S. The molecule has 0 atom stereocenters. The van der Waals surface area contributed by atoms with E-state index in [0.29, 0.717) is 30.2 Å². The molecule has 0 radical (unpaired) electrons. The van der Waals surface area contributed by atoms with Crippen molar-refractivity contribution >= 4 is 22.9 Å². The molecule has 3 aromatic rings. The number of benzene rings is 2. The van der Waals surface area contributed by atoms with E-state index in [2.05, 4.69) is 15.2 Å². The fourth-order valence-electron chi connectivity index (χ4n) is 2.38. The summed E-state index contributed by atoms with van der Waals surface area (Å²) in [7, 11) is 4.00. The number of carbonyl (C=O) groups is 1. The van der Waals surface area contributed by atoms with E-state index in [-0.39, 0.29) is 5.91 Å². The van der Waals surface area contributed by atoms with E-state index in [4.69, 9.17) is 9.47 Å². The van der Waals surface area contributed by atoms with Gasteiger partial charge in [-0.2, -0.15) is 0 Å². The number of hydrogen-bond acceptors (Lipinski definition) is 6. The molecule has 0 spiro atoms. The van der Waals surface area contributed by atoms with Crippen LogP contribution >= 0.6 is 11.3 Å². The van der Waals surface area contributed by atoms with Crippen molar-refractivity contribution in [2.24, 2.45) is 0 Å². The van der Waals surface area contributed by atoms with Crippen LogP contribution in [0.3, 0.4) is 0 Å². The van der Waals surface area contributed by atoms with Crippen molar-refractivity contribution in [2.45, 2.75) is 6.61 Å². The molecule has 6 nitrogen and oxygen atoms in total. The topological polar surface area (TPSA) is 63.7 Å². The Kier molecular flexibility index (Phi) is 7.00. The van der Waals surface area contributed by atoms with Crippen LogP contribution in [0.5, 0.6) is 11.5 Å². The van der Waals surface area contributed by atoms with Crippen LogP contribution in [0.1, 0.15) is 16.1 Å². The first kappa shape index (κ1) is 19.9. The molecule has 0 aliphatic rings. The maximum atomic E-state index is 12.5. The van der Waals surface area contributed by atoms with Gasteiger partial charge in [0.15, 0.2) is 0 Å². The number of hydrogen-bond donors (Lipinski definition) is 1. The Labute approximate surface area is 168 Å². The van der Waals surface area contributed by atoms with Gasteiger partial charge < -0.3 is 19.7 Å². The maximum Gasteiger partial charge on any atom is 0.255 e. The number of anilines is 1. The summed E-state index contributed by atoms with van der Waals surface area (Å²) in [5.74, 6) is 1.21. The van der Waals surface area contributed by atoms with Gasteiger partial charge in [-0.1, -0.05) is 6.07 Å². The van der Waals surface area contributed by atoms with Crippen LogP contribution in [0.4, 0.5) is 5.69 Å².